The van der Waals surface area contributed by atoms with Crippen molar-refractivity contribution in [2.45, 2.75) is 13.0 Å². The normalized spacial score (nSPS) is 15.8. The van der Waals surface area contributed by atoms with E-state index in [9.17, 15) is 4.79 Å². The van der Waals surface area contributed by atoms with Crippen molar-refractivity contribution in [1.29, 1.82) is 0 Å². The number of aromatic nitrogens is 1. The largest absolute Gasteiger partial charge is 0.369 e. The molecule has 3 aromatic carbocycles. The molecule has 0 radical (unpaired) electrons. The summed E-state index contributed by atoms with van der Waals surface area (Å²) in [5, 5.41) is 1.74. The molecule has 1 atom stereocenters. The molecular formula is C27H26ClN3O. The third-order valence-corrected chi connectivity index (χ3v) is 6.63. The Morgan fingerprint density at radius 3 is 2.25 bits per heavy atom. The number of halogens is 1. The predicted octanol–water partition coefficient (Wildman–Crippen LogP) is 5.88. The van der Waals surface area contributed by atoms with Crippen LogP contribution in [0.25, 0.3) is 10.9 Å². The number of para-hydroxylation sites is 1. The number of fused-ring (bicyclic) bond motifs is 1. The van der Waals surface area contributed by atoms with Gasteiger partial charge in [0.25, 0.3) is 0 Å². The molecule has 0 spiro atoms. The number of benzene rings is 3. The third-order valence-electron chi connectivity index (χ3n) is 6.37. The number of nitrogens with one attached hydrogen (secondary N) is 1. The SMILES string of the molecule is Cc1[nH]c2ccccc2c1C(=O)[C@@H](c1ccccc1)N1CCN(c2ccc(Cl)cc2)CC1. The van der Waals surface area contributed by atoms with Gasteiger partial charge in [-0.2, -0.15) is 0 Å². The fourth-order valence-electron chi connectivity index (χ4n) is 4.78. The first-order chi connectivity index (χ1) is 15.6. The number of carbonyl (C=O) groups is 1. The van der Waals surface area contributed by atoms with Crippen LogP contribution in [-0.2, 0) is 0 Å². The first-order valence-electron chi connectivity index (χ1n) is 11.0. The number of aryl methyl sites for hydroxylation is 1. The summed E-state index contributed by atoms with van der Waals surface area (Å²) < 4.78 is 0. The maximum atomic E-state index is 14.0. The van der Waals surface area contributed by atoms with Crippen LogP contribution in [0.15, 0.2) is 78.9 Å². The number of aromatic amines is 1. The van der Waals surface area contributed by atoms with Crippen LogP contribution in [0.2, 0.25) is 5.02 Å². The van der Waals surface area contributed by atoms with Crippen molar-refractivity contribution < 1.29 is 4.79 Å². The highest BCUT2D eigenvalue weighted by Crippen LogP contribution is 2.32. The summed E-state index contributed by atoms with van der Waals surface area (Å²) in [6.45, 7) is 5.36. The predicted molar refractivity (Wildman–Crippen MR) is 132 cm³/mol. The lowest BCUT2D eigenvalue weighted by atomic mass is 9.93. The summed E-state index contributed by atoms with van der Waals surface area (Å²) in [5.74, 6) is 0.158. The fourth-order valence-corrected chi connectivity index (χ4v) is 4.91. The minimum Gasteiger partial charge on any atom is -0.369 e. The number of hydrogen-bond acceptors (Lipinski definition) is 3. The highest BCUT2D eigenvalue weighted by atomic mass is 35.5. The molecule has 1 fully saturated rings. The van der Waals surface area contributed by atoms with Crippen molar-refractivity contribution in [1.82, 2.24) is 9.88 Å². The zero-order chi connectivity index (χ0) is 22.1. The van der Waals surface area contributed by atoms with Gasteiger partial charge >= 0.3 is 0 Å². The second-order valence-electron chi connectivity index (χ2n) is 8.35. The van der Waals surface area contributed by atoms with Crippen molar-refractivity contribution in [3.63, 3.8) is 0 Å². The van der Waals surface area contributed by atoms with Gasteiger partial charge in [0.15, 0.2) is 5.78 Å². The van der Waals surface area contributed by atoms with E-state index >= 15 is 0 Å². The molecule has 32 heavy (non-hydrogen) atoms. The Kier molecular flexibility index (Phi) is 5.73. The van der Waals surface area contributed by atoms with Crippen LogP contribution in [-0.4, -0.2) is 41.8 Å². The number of carbonyl (C=O) groups excluding carboxylic acids is 1. The molecule has 4 aromatic rings. The molecule has 0 amide bonds. The molecule has 1 aliphatic rings. The minimum absolute atomic E-state index is 0.158. The van der Waals surface area contributed by atoms with Crippen LogP contribution < -0.4 is 4.90 Å². The standard InChI is InChI=1S/C27H26ClN3O/c1-19-25(23-9-5-6-10-24(23)29-19)27(32)26(20-7-3-2-4-8-20)31-17-15-30(16-18-31)22-13-11-21(28)12-14-22/h2-14,26,29H,15-18H2,1H3/t26-/m1/s1. The summed E-state index contributed by atoms with van der Waals surface area (Å²) >= 11 is 6.05. The number of hydrogen-bond donors (Lipinski definition) is 1. The van der Waals surface area contributed by atoms with Crippen molar-refractivity contribution in [3.8, 4) is 0 Å². The Morgan fingerprint density at radius 2 is 1.53 bits per heavy atom. The zero-order valence-corrected chi connectivity index (χ0v) is 18.8. The molecule has 5 rings (SSSR count). The maximum Gasteiger partial charge on any atom is 0.186 e. The second kappa shape index (κ2) is 8.81. The van der Waals surface area contributed by atoms with E-state index < -0.39 is 0 Å². The van der Waals surface area contributed by atoms with E-state index in [1.54, 1.807) is 0 Å². The fraction of sp³-hybridized carbons (Fsp3) is 0.222. The van der Waals surface area contributed by atoms with E-state index in [4.69, 9.17) is 11.6 Å². The molecular weight excluding hydrogens is 418 g/mol. The molecule has 2 heterocycles. The first kappa shape index (κ1) is 20.8. The molecule has 5 heteroatoms. The van der Waals surface area contributed by atoms with Gasteiger partial charge in [0.05, 0.1) is 6.04 Å². The van der Waals surface area contributed by atoms with Crippen molar-refractivity contribution in [3.05, 3.63) is 101 Å². The Labute approximate surface area is 193 Å². The monoisotopic (exact) mass is 443 g/mol. The number of nitrogens with zero attached hydrogens (tertiary/aromatic N) is 2. The Hall–Kier alpha value is -3.08. The van der Waals surface area contributed by atoms with E-state index in [0.717, 1.165) is 58.9 Å². The van der Waals surface area contributed by atoms with E-state index in [1.807, 2.05) is 61.5 Å². The minimum atomic E-state index is -0.304. The Bertz CT molecular complexity index is 1220. The van der Waals surface area contributed by atoms with Gasteiger partial charge in [-0.3, -0.25) is 9.69 Å². The molecule has 4 nitrogen and oxygen atoms in total. The molecule has 1 N–H and O–H groups in total. The van der Waals surface area contributed by atoms with Crippen molar-refractivity contribution in [2.24, 2.45) is 0 Å². The second-order valence-corrected chi connectivity index (χ2v) is 8.78. The summed E-state index contributed by atoms with van der Waals surface area (Å²) in [6, 6.07) is 25.9. The topological polar surface area (TPSA) is 39.3 Å². The van der Waals surface area contributed by atoms with Crippen LogP contribution in [0.1, 0.15) is 27.7 Å². The van der Waals surface area contributed by atoms with Gasteiger partial charge < -0.3 is 9.88 Å². The van der Waals surface area contributed by atoms with Crippen LogP contribution in [0, 0.1) is 6.92 Å². The summed E-state index contributed by atoms with van der Waals surface area (Å²) in [5.41, 5.74) is 4.95. The number of rotatable bonds is 5. The van der Waals surface area contributed by atoms with Gasteiger partial charge in [0, 0.05) is 59.0 Å². The van der Waals surface area contributed by atoms with Crippen molar-refractivity contribution >= 4 is 34.0 Å². The molecule has 162 valence electrons. The van der Waals surface area contributed by atoms with Gasteiger partial charge in [0.2, 0.25) is 0 Å². The van der Waals surface area contributed by atoms with E-state index in [0.29, 0.717) is 0 Å². The lowest BCUT2D eigenvalue weighted by Gasteiger charge is -2.40. The summed E-state index contributed by atoms with van der Waals surface area (Å²) in [4.78, 5) is 22.1. The first-order valence-corrected chi connectivity index (χ1v) is 11.4. The molecule has 0 unspecified atom stereocenters. The van der Waals surface area contributed by atoms with Gasteiger partial charge in [-0.05, 0) is 42.8 Å². The van der Waals surface area contributed by atoms with Gasteiger partial charge in [-0.1, -0.05) is 60.1 Å². The summed E-state index contributed by atoms with van der Waals surface area (Å²) in [7, 11) is 0. The molecule has 1 aliphatic heterocycles. The lowest BCUT2D eigenvalue weighted by Crippen LogP contribution is -2.49. The average molecular weight is 444 g/mol. The number of ketones is 1. The van der Waals surface area contributed by atoms with Crippen LogP contribution in [0.5, 0.6) is 0 Å². The zero-order valence-electron chi connectivity index (χ0n) is 18.1. The van der Waals surface area contributed by atoms with Crippen molar-refractivity contribution in [2.75, 3.05) is 31.1 Å². The average Bonchev–Trinajstić information content (AvgIpc) is 3.16. The molecule has 0 aliphatic carbocycles. The van der Waals surface area contributed by atoms with Crippen LogP contribution in [0.4, 0.5) is 5.69 Å². The van der Waals surface area contributed by atoms with Gasteiger partial charge in [-0.15, -0.1) is 0 Å². The number of H-pyrrole nitrogens is 1. The number of Topliss-reactive ketones (excluding diaryl/α,β-unsaturated/α-hetero) is 1. The van der Waals surface area contributed by atoms with Crippen LogP contribution >= 0.6 is 11.6 Å². The highest BCUT2D eigenvalue weighted by molar-refractivity contribution is 6.30. The number of piperazine rings is 1. The van der Waals surface area contributed by atoms with Gasteiger partial charge in [0.1, 0.15) is 0 Å². The lowest BCUT2D eigenvalue weighted by molar-refractivity contribution is 0.0807. The van der Waals surface area contributed by atoms with E-state index in [1.165, 1.54) is 5.69 Å². The molecule has 0 saturated carbocycles. The molecule has 0 bridgehead atoms. The molecule has 1 saturated heterocycles. The quantitative estimate of drug-likeness (QED) is 0.392. The van der Waals surface area contributed by atoms with Gasteiger partial charge in [-0.25, -0.2) is 0 Å². The third kappa shape index (κ3) is 3.92. The Morgan fingerprint density at radius 1 is 0.875 bits per heavy atom. The Balaban J connectivity index is 1.45. The van der Waals surface area contributed by atoms with E-state index in [2.05, 4.69) is 39.0 Å². The van der Waals surface area contributed by atoms with Crippen LogP contribution in [0.3, 0.4) is 0 Å². The molecule has 1 aromatic heterocycles. The summed E-state index contributed by atoms with van der Waals surface area (Å²) in [6.07, 6.45) is 0. The maximum absolute atomic E-state index is 14.0. The highest BCUT2D eigenvalue weighted by Gasteiger charge is 2.33. The van der Waals surface area contributed by atoms with E-state index in [-0.39, 0.29) is 11.8 Å². The number of anilines is 1. The smallest absolute Gasteiger partial charge is 0.186 e.